The van der Waals surface area contributed by atoms with Crippen molar-refractivity contribution in [2.75, 3.05) is 7.11 Å². The minimum atomic E-state index is 0.996. The molecule has 0 N–H and O–H groups in total. The molecule has 0 saturated heterocycles. The molecule has 0 unspecified atom stereocenters. The van der Waals surface area contributed by atoms with E-state index in [4.69, 9.17) is 4.74 Å². The fourth-order valence-corrected chi connectivity index (χ4v) is 2.39. The van der Waals surface area contributed by atoms with Gasteiger partial charge >= 0.3 is 5.76 Å². The first kappa shape index (κ1) is 16.1. The second kappa shape index (κ2) is 8.89. The summed E-state index contributed by atoms with van der Waals surface area (Å²) in [6.45, 7) is 2.00. The molecule has 0 aromatic heterocycles. The Morgan fingerprint density at radius 2 is 1.32 bits per heavy atom. The fourth-order valence-electron chi connectivity index (χ4n) is 2.39. The Balaban J connectivity index is 2.10. The number of benzene rings is 2. The van der Waals surface area contributed by atoms with Crippen molar-refractivity contribution in [1.82, 2.24) is 0 Å². The van der Waals surface area contributed by atoms with Crippen LogP contribution in [0.5, 0.6) is 0 Å². The highest BCUT2D eigenvalue weighted by atomic mass is 16.5. The second-order valence-electron chi connectivity index (χ2n) is 5.30. The van der Waals surface area contributed by atoms with Crippen molar-refractivity contribution >= 4 is 5.57 Å². The van der Waals surface area contributed by atoms with E-state index in [0.29, 0.717) is 0 Å². The highest BCUT2D eigenvalue weighted by molar-refractivity contribution is 5.79. The number of ether oxygens (including phenoxy) is 1. The maximum absolute atomic E-state index is 5.16. The fraction of sp³-hybridized carbons (Fsp3) is 0.238. The molecule has 0 saturated carbocycles. The number of methoxy groups -OCH3 is 1. The molecule has 0 aliphatic heterocycles. The SMILES string of the molecule is C[O+]C(C)=CCCCC=C(c1ccccc1)c1ccccc1. The zero-order chi connectivity index (χ0) is 15.6. The normalized spacial score (nSPS) is 11.1. The first-order valence-electron chi connectivity index (χ1n) is 7.83. The van der Waals surface area contributed by atoms with Gasteiger partial charge in [-0.15, -0.1) is 0 Å². The van der Waals surface area contributed by atoms with Crippen LogP contribution in [0, 0.1) is 0 Å². The van der Waals surface area contributed by atoms with E-state index in [2.05, 4.69) is 72.8 Å². The number of hydrogen-bond acceptors (Lipinski definition) is 1. The number of allylic oxidation sites excluding steroid dienone is 3. The molecule has 0 atom stereocenters. The third kappa shape index (κ3) is 4.92. The maximum atomic E-state index is 5.16. The van der Waals surface area contributed by atoms with Gasteiger partial charge < -0.3 is 0 Å². The monoisotopic (exact) mass is 292 g/mol. The summed E-state index contributed by atoms with van der Waals surface area (Å²) < 4.78 is 5.16. The molecule has 2 aromatic rings. The Morgan fingerprint density at radius 1 is 0.818 bits per heavy atom. The summed E-state index contributed by atoms with van der Waals surface area (Å²) in [4.78, 5) is 0. The van der Waals surface area contributed by atoms with Gasteiger partial charge in [0.05, 0.1) is 6.92 Å². The number of rotatable bonds is 7. The average molecular weight is 292 g/mol. The van der Waals surface area contributed by atoms with E-state index >= 15 is 0 Å². The van der Waals surface area contributed by atoms with Crippen molar-refractivity contribution in [1.29, 1.82) is 0 Å². The molecule has 113 valence electrons. The standard InChI is InChI=1S/C21H24O/c1-18(22-2)12-6-3-11-17-21(19-13-7-4-8-14-19)20-15-9-5-10-16-20/h4-5,7-10,12-17H,3,6,11H2,1-2H3/q+1. The average Bonchev–Trinajstić information content (AvgIpc) is 2.59. The van der Waals surface area contributed by atoms with Crippen LogP contribution in [-0.2, 0) is 4.74 Å². The van der Waals surface area contributed by atoms with Gasteiger partial charge in [0.2, 0.25) is 0 Å². The molecule has 0 fully saturated rings. The van der Waals surface area contributed by atoms with Gasteiger partial charge in [-0.3, -0.25) is 4.74 Å². The Kier molecular flexibility index (Phi) is 6.50. The van der Waals surface area contributed by atoms with Gasteiger partial charge in [0, 0.05) is 6.08 Å². The lowest BCUT2D eigenvalue weighted by Crippen LogP contribution is -1.88. The molecule has 2 aromatic carbocycles. The zero-order valence-electron chi connectivity index (χ0n) is 13.5. The van der Waals surface area contributed by atoms with Crippen LogP contribution in [0.4, 0.5) is 0 Å². The Hall–Kier alpha value is -2.28. The number of hydrogen-bond donors (Lipinski definition) is 0. The van der Waals surface area contributed by atoms with E-state index in [0.717, 1.165) is 25.0 Å². The van der Waals surface area contributed by atoms with Crippen molar-refractivity contribution in [2.24, 2.45) is 0 Å². The summed E-state index contributed by atoms with van der Waals surface area (Å²) in [7, 11) is 1.72. The van der Waals surface area contributed by atoms with Crippen LogP contribution in [0.3, 0.4) is 0 Å². The summed E-state index contributed by atoms with van der Waals surface area (Å²) in [5, 5.41) is 0. The third-order valence-electron chi connectivity index (χ3n) is 3.68. The third-order valence-corrected chi connectivity index (χ3v) is 3.68. The minimum Gasteiger partial charge on any atom is -0.263 e. The molecule has 0 amide bonds. The predicted molar refractivity (Wildman–Crippen MR) is 94.6 cm³/mol. The molecule has 0 aliphatic carbocycles. The van der Waals surface area contributed by atoms with E-state index < -0.39 is 0 Å². The van der Waals surface area contributed by atoms with E-state index in [9.17, 15) is 0 Å². The molecule has 22 heavy (non-hydrogen) atoms. The molecule has 0 bridgehead atoms. The minimum absolute atomic E-state index is 0.996. The van der Waals surface area contributed by atoms with E-state index in [1.807, 2.05) is 6.92 Å². The van der Waals surface area contributed by atoms with Crippen LogP contribution in [0.1, 0.15) is 37.3 Å². The maximum Gasteiger partial charge on any atom is 0.312 e. The first-order chi connectivity index (χ1) is 10.8. The van der Waals surface area contributed by atoms with Gasteiger partial charge in [0.1, 0.15) is 0 Å². The van der Waals surface area contributed by atoms with Crippen LogP contribution in [-0.4, -0.2) is 7.11 Å². The zero-order valence-corrected chi connectivity index (χ0v) is 13.5. The number of unbranched alkanes of at least 4 members (excludes halogenated alkanes) is 2. The Labute approximate surface area is 134 Å². The van der Waals surface area contributed by atoms with Crippen LogP contribution >= 0.6 is 0 Å². The van der Waals surface area contributed by atoms with E-state index in [1.54, 1.807) is 7.11 Å². The summed E-state index contributed by atoms with van der Waals surface area (Å²) >= 11 is 0. The molecule has 0 spiro atoms. The van der Waals surface area contributed by atoms with Gasteiger partial charge in [0.15, 0.2) is 0 Å². The van der Waals surface area contributed by atoms with Crippen LogP contribution < -0.4 is 0 Å². The largest absolute Gasteiger partial charge is 0.312 e. The van der Waals surface area contributed by atoms with Gasteiger partial charge in [-0.1, -0.05) is 66.7 Å². The molecule has 2 rings (SSSR count). The lowest BCUT2D eigenvalue weighted by Gasteiger charge is -2.08. The van der Waals surface area contributed by atoms with Crippen LogP contribution in [0.25, 0.3) is 5.57 Å². The molecular formula is C21H24O+. The summed E-state index contributed by atoms with van der Waals surface area (Å²) in [6.07, 6.45) is 7.74. The highest BCUT2D eigenvalue weighted by Crippen LogP contribution is 2.24. The lowest BCUT2D eigenvalue weighted by molar-refractivity contribution is 0.291. The molecule has 1 radical (unpaired) electrons. The smallest absolute Gasteiger partial charge is 0.263 e. The van der Waals surface area contributed by atoms with Crippen molar-refractivity contribution < 1.29 is 4.74 Å². The molecule has 1 nitrogen and oxygen atoms in total. The predicted octanol–water partition coefficient (Wildman–Crippen LogP) is 5.84. The lowest BCUT2D eigenvalue weighted by atomic mass is 9.96. The van der Waals surface area contributed by atoms with Gasteiger partial charge in [-0.2, -0.15) is 0 Å². The van der Waals surface area contributed by atoms with Crippen molar-refractivity contribution in [3.05, 3.63) is 89.7 Å². The Bertz CT molecular complexity index is 567. The van der Waals surface area contributed by atoms with Crippen LogP contribution in [0.15, 0.2) is 78.6 Å². The summed E-state index contributed by atoms with van der Waals surface area (Å²) in [6, 6.07) is 21.2. The highest BCUT2D eigenvalue weighted by Gasteiger charge is 2.03. The molecule has 0 aliphatic rings. The first-order valence-corrected chi connectivity index (χ1v) is 7.83. The van der Waals surface area contributed by atoms with Crippen molar-refractivity contribution in [3.8, 4) is 0 Å². The molecular weight excluding hydrogens is 268 g/mol. The summed E-state index contributed by atoms with van der Waals surface area (Å²) in [5.41, 5.74) is 3.86. The second-order valence-corrected chi connectivity index (χ2v) is 5.30. The van der Waals surface area contributed by atoms with Gasteiger partial charge in [-0.05, 0) is 36.0 Å². The van der Waals surface area contributed by atoms with Gasteiger partial charge in [0.25, 0.3) is 7.11 Å². The van der Waals surface area contributed by atoms with E-state index in [1.165, 1.54) is 16.7 Å². The van der Waals surface area contributed by atoms with Crippen molar-refractivity contribution in [3.63, 3.8) is 0 Å². The molecule has 1 heteroatoms. The van der Waals surface area contributed by atoms with E-state index in [-0.39, 0.29) is 0 Å². The quantitative estimate of drug-likeness (QED) is 0.354. The topological polar surface area (TPSA) is 11.3 Å². The van der Waals surface area contributed by atoms with Crippen molar-refractivity contribution in [2.45, 2.75) is 26.2 Å². The van der Waals surface area contributed by atoms with Crippen LogP contribution in [0.2, 0.25) is 0 Å². The Morgan fingerprint density at radius 3 is 1.82 bits per heavy atom. The van der Waals surface area contributed by atoms with Gasteiger partial charge in [-0.25, -0.2) is 0 Å². The molecule has 0 heterocycles. The summed E-state index contributed by atoms with van der Waals surface area (Å²) in [5.74, 6) is 0.996.